The molecular weight excluding hydrogens is 527 g/mol. The smallest absolute Gasteiger partial charge is 0.341 e. The van der Waals surface area contributed by atoms with E-state index in [0.717, 1.165) is 0 Å². The summed E-state index contributed by atoms with van der Waals surface area (Å²) in [5, 5.41) is 21.2. The molecule has 2 aromatic rings. The molecule has 1 amide bonds. The molecule has 0 bridgehead atoms. The highest BCUT2D eigenvalue weighted by molar-refractivity contribution is 14.1. The third-order valence-corrected chi connectivity index (χ3v) is 4.71. The van der Waals surface area contributed by atoms with E-state index >= 15 is 0 Å². The number of methoxy groups -OCH3 is 2. The van der Waals surface area contributed by atoms with Crippen LogP contribution in [0.3, 0.4) is 0 Å². The average molecular weight is 543 g/mol. The summed E-state index contributed by atoms with van der Waals surface area (Å²) in [7, 11) is 2.85. The Labute approximate surface area is 191 Å². The van der Waals surface area contributed by atoms with E-state index in [1.165, 1.54) is 32.4 Å². The number of nitriles is 1. The highest BCUT2D eigenvalue weighted by Gasteiger charge is 2.16. The van der Waals surface area contributed by atoms with Crippen LogP contribution in [0.25, 0.3) is 6.08 Å². The molecule has 30 heavy (non-hydrogen) atoms. The van der Waals surface area contributed by atoms with Gasteiger partial charge in [-0.05, 0) is 64.6 Å². The number of hydrogen-bond acceptors (Lipinski definition) is 6. The van der Waals surface area contributed by atoms with Gasteiger partial charge in [-0.3, -0.25) is 4.79 Å². The van der Waals surface area contributed by atoms with Crippen LogP contribution in [-0.2, 0) is 9.59 Å². The fraction of sp³-hybridized carbons (Fsp3) is 0.150. The second-order valence-corrected chi connectivity index (χ2v) is 7.28. The zero-order valence-corrected chi connectivity index (χ0v) is 18.8. The van der Waals surface area contributed by atoms with E-state index in [1.807, 2.05) is 28.7 Å². The fourth-order valence-electron chi connectivity index (χ4n) is 2.38. The third kappa shape index (κ3) is 6.01. The number of halogens is 2. The number of aliphatic carboxylic acids is 1. The van der Waals surface area contributed by atoms with Crippen LogP contribution in [0.4, 0.5) is 5.69 Å². The summed E-state index contributed by atoms with van der Waals surface area (Å²) in [4.78, 5) is 23.3. The number of carboxylic acid groups (broad SMARTS) is 1. The van der Waals surface area contributed by atoms with Crippen LogP contribution in [0.2, 0.25) is 5.02 Å². The van der Waals surface area contributed by atoms with Gasteiger partial charge in [0.15, 0.2) is 18.1 Å². The maximum Gasteiger partial charge on any atom is 0.341 e. The van der Waals surface area contributed by atoms with Crippen LogP contribution in [0.1, 0.15) is 5.56 Å². The SMILES string of the molecule is COc1ccc(Cl)cc1NC(=O)/C(C#N)=C/c1cc(I)c(OCC(=O)O)c(OC)c1. The first-order valence-electron chi connectivity index (χ1n) is 8.27. The summed E-state index contributed by atoms with van der Waals surface area (Å²) in [6, 6.07) is 9.73. The Morgan fingerprint density at radius 3 is 2.53 bits per heavy atom. The molecule has 0 heterocycles. The van der Waals surface area contributed by atoms with E-state index in [-0.39, 0.29) is 17.1 Å². The summed E-state index contributed by atoms with van der Waals surface area (Å²) in [5.74, 6) is -0.871. The van der Waals surface area contributed by atoms with Gasteiger partial charge in [-0.2, -0.15) is 5.26 Å². The summed E-state index contributed by atoms with van der Waals surface area (Å²) >= 11 is 7.91. The van der Waals surface area contributed by atoms with Crippen LogP contribution >= 0.6 is 34.2 Å². The topological polar surface area (TPSA) is 118 Å². The second-order valence-electron chi connectivity index (χ2n) is 5.69. The number of carboxylic acids is 1. The van der Waals surface area contributed by atoms with E-state index in [0.29, 0.717) is 25.6 Å². The van der Waals surface area contributed by atoms with Gasteiger partial charge in [0.2, 0.25) is 0 Å². The van der Waals surface area contributed by atoms with Crippen molar-refractivity contribution in [3.05, 3.63) is 50.1 Å². The number of hydrogen-bond donors (Lipinski definition) is 2. The number of nitrogens with one attached hydrogen (secondary N) is 1. The molecule has 0 saturated carbocycles. The van der Waals surface area contributed by atoms with E-state index < -0.39 is 18.5 Å². The molecule has 0 aromatic heterocycles. The van der Waals surface area contributed by atoms with E-state index in [2.05, 4.69) is 5.32 Å². The number of amides is 1. The lowest BCUT2D eigenvalue weighted by Crippen LogP contribution is -2.14. The minimum Gasteiger partial charge on any atom is -0.495 e. The van der Waals surface area contributed by atoms with Gasteiger partial charge in [0.1, 0.15) is 17.4 Å². The third-order valence-electron chi connectivity index (χ3n) is 3.68. The predicted octanol–water partition coefficient (Wildman–Crippen LogP) is 3.97. The summed E-state index contributed by atoms with van der Waals surface area (Å²) in [5.41, 5.74) is 0.637. The molecule has 0 saturated heterocycles. The Hall–Kier alpha value is -2.97. The molecule has 0 unspecified atom stereocenters. The van der Waals surface area contributed by atoms with E-state index in [4.69, 9.17) is 30.9 Å². The summed E-state index contributed by atoms with van der Waals surface area (Å²) in [6.45, 7) is -0.533. The zero-order chi connectivity index (χ0) is 22.3. The molecule has 2 N–H and O–H groups in total. The summed E-state index contributed by atoms with van der Waals surface area (Å²) in [6.07, 6.45) is 1.37. The van der Waals surface area contributed by atoms with Crippen LogP contribution in [0.5, 0.6) is 17.2 Å². The van der Waals surface area contributed by atoms with Crippen molar-refractivity contribution in [3.8, 4) is 23.3 Å². The Morgan fingerprint density at radius 1 is 1.23 bits per heavy atom. The molecule has 0 aliphatic carbocycles. The van der Waals surface area contributed by atoms with Crippen molar-refractivity contribution in [3.63, 3.8) is 0 Å². The normalized spacial score (nSPS) is 10.7. The molecule has 2 aromatic carbocycles. The molecule has 0 atom stereocenters. The largest absolute Gasteiger partial charge is 0.495 e. The number of carbonyl (C=O) groups excluding carboxylic acids is 1. The van der Waals surface area contributed by atoms with Crippen molar-refractivity contribution >= 4 is 57.8 Å². The molecule has 10 heteroatoms. The summed E-state index contributed by atoms with van der Waals surface area (Å²) < 4.78 is 16.2. The Balaban J connectivity index is 2.34. The Kier molecular flexibility index (Phi) is 8.32. The molecule has 0 radical (unpaired) electrons. The minimum absolute atomic E-state index is 0.172. The lowest BCUT2D eigenvalue weighted by atomic mass is 10.1. The first-order valence-corrected chi connectivity index (χ1v) is 9.73. The number of rotatable bonds is 8. The quantitative estimate of drug-likeness (QED) is 0.294. The standard InChI is InChI=1S/C20H16ClIN2O6/c1-28-16-4-3-13(21)8-15(16)24-20(27)12(9-23)5-11-6-14(22)19(17(7-11)29-2)30-10-18(25)26/h3-8H,10H2,1-2H3,(H,24,27)(H,25,26)/b12-5+. The number of carbonyl (C=O) groups is 2. The molecule has 8 nitrogen and oxygen atoms in total. The monoisotopic (exact) mass is 542 g/mol. The molecule has 156 valence electrons. The number of nitrogens with zero attached hydrogens (tertiary/aromatic N) is 1. The molecular formula is C20H16ClIN2O6. The van der Waals surface area contributed by atoms with Crippen molar-refractivity contribution in [1.29, 1.82) is 5.26 Å². The van der Waals surface area contributed by atoms with Gasteiger partial charge in [-0.15, -0.1) is 0 Å². The van der Waals surface area contributed by atoms with Crippen molar-refractivity contribution in [1.82, 2.24) is 0 Å². The van der Waals surface area contributed by atoms with Crippen LogP contribution in [0, 0.1) is 14.9 Å². The second kappa shape index (κ2) is 10.7. The van der Waals surface area contributed by atoms with E-state index in [1.54, 1.807) is 18.2 Å². The van der Waals surface area contributed by atoms with Gasteiger partial charge in [0, 0.05) is 5.02 Å². The van der Waals surface area contributed by atoms with Gasteiger partial charge in [-0.25, -0.2) is 4.79 Å². The lowest BCUT2D eigenvalue weighted by Gasteiger charge is -2.13. The van der Waals surface area contributed by atoms with Gasteiger partial charge < -0.3 is 24.6 Å². The predicted molar refractivity (Wildman–Crippen MR) is 119 cm³/mol. The zero-order valence-electron chi connectivity index (χ0n) is 15.9. The molecule has 0 aliphatic rings. The number of anilines is 1. The average Bonchev–Trinajstić information content (AvgIpc) is 2.70. The molecule has 0 fully saturated rings. The van der Waals surface area contributed by atoms with Gasteiger partial charge in [0.25, 0.3) is 5.91 Å². The first kappa shape index (κ1) is 23.3. The Morgan fingerprint density at radius 2 is 1.93 bits per heavy atom. The fourth-order valence-corrected chi connectivity index (χ4v) is 3.33. The van der Waals surface area contributed by atoms with Crippen LogP contribution in [0.15, 0.2) is 35.9 Å². The molecule has 0 aliphatic heterocycles. The van der Waals surface area contributed by atoms with Crippen LogP contribution in [-0.4, -0.2) is 37.8 Å². The highest BCUT2D eigenvalue weighted by Crippen LogP contribution is 2.35. The van der Waals surface area contributed by atoms with Crippen molar-refractivity contribution in [2.45, 2.75) is 0 Å². The van der Waals surface area contributed by atoms with Gasteiger partial charge in [0.05, 0.1) is 23.5 Å². The van der Waals surface area contributed by atoms with Crippen molar-refractivity contribution < 1.29 is 28.9 Å². The Bertz CT molecular complexity index is 1050. The minimum atomic E-state index is -1.13. The maximum atomic E-state index is 12.6. The highest BCUT2D eigenvalue weighted by atomic mass is 127. The number of benzene rings is 2. The van der Waals surface area contributed by atoms with Gasteiger partial charge in [-0.1, -0.05) is 11.6 Å². The van der Waals surface area contributed by atoms with Gasteiger partial charge >= 0.3 is 5.97 Å². The number of ether oxygens (including phenoxy) is 3. The van der Waals surface area contributed by atoms with E-state index in [9.17, 15) is 14.9 Å². The van der Waals surface area contributed by atoms with Crippen molar-refractivity contribution in [2.75, 3.05) is 26.1 Å². The van der Waals surface area contributed by atoms with Crippen LogP contribution < -0.4 is 19.5 Å². The first-order chi connectivity index (χ1) is 14.3. The molecule has 2 rings (SSSR count). The lowest BCUT2D eigenvalue weighted by molar-refractivity contribution is -0.139. The van der Waals surface area contributed by atoms with Crippen molar-refractivity contribution in [2.24, 2.45) is 0 Å². The maximum absolute atomic E-state index is 12.6. The molecule has 0 spiro atoms.